The molecule has 4 rings (SSSR count). The zero-order valence-electron chi connectivity index (χ0n) is 22.1. The lowest BCUT2D eigenvalue weighted by molar-refractivity contribution is -0.185. The van der Waals surface area contributed by atoms with Crippen LogP contribution >= 0.6 is 0 Å². The molecule has 0 heterocycles. The van der Waals surface area contributed by atoms with Crippen molar-refractivity contribution in [1.29, 1.82) is 0 Å². The fourth-order valence-electron chi connectivity index (χ4n) is 6.81. The first-order valence-corrected chi connectivity index (χ1v) is 13.2. The van der Waals surface area contributed by atoms with E-state index in [0.717, 1.165) is 18.2 Å². The second-order valence-electron chi connectivity index (χ2n) is 11.3. The van der Waals surface area contributed by atoms with Crippen LogP contribution in [0.15, 0.2) is 42.5 Å². The van der Waals surface area contributed by atoms with Gasteiger partial charge in [0.1, 0.15) is 23.6 Å². The summed E-state index contributed by atoms with van der Waals surface area (Å²) < 4.78 is 46.2. The molecule has 2 saturated carbocycles. The number of halogens is 3. The van der Waals surface area contributed by atoms with Gasteiger partial charge in [0.05, 0.1) is 12.7 Å². The highest BCUT2D eigenvalue weighted by Gasteiger charge is 2.60. The molecule has 0 bridgehead atoms. The van der Waals surface area contributed by atoms with Gasteiger partial charge >= 0.3 is 6.09 Å². The summed E-state index contributed by atoms with van der Waals surface area (Å²) in [7, 11) is 0. The normalized spacial score (nSPS) is 30.2. The number of aliphatic hydroxyl groups is 2. The lowest BCUT2D eigenvalue weighted by Gasteiger charge is -2.60. The van der Waals surface area contributed by atoms with Crippen LogP contribution in [0.5, 0.6) is 0 Å². The molecule has 2 fully saturated rings. The standard InChI is InChI=1S/C29H35F3N2O5/c1-28-9-8-25(39-27(38)34-21-5-3-4-18(30)13-21)29(2,16-35)24(28)7-6-23(36)22(28)14-26(37)33-15-17-10-19(31)12-20(32)11-17/h3-5,10-13,22-25,35-36H,6-9,14-16H2,1-2H3,(H,33,37)(H,34,38). The summed E-state index contributed by atoms with van der Waals surface area (Å²) in [5, 5.41) is 26.7. The Morgan fingerprint density at radius 3 is 2.41 bits per heavy atom. The molecule has 0 aliphatic heterocycles. The van der Waals surface area contributed by atoms with Crippen molar-refractivity contribution < 1.29 is 37.7 Å². The molecule has 2 amide bonds. The molecule has 0 aromatic heterocycles. The van der Waals surface area contributed by atoms with Gasteiger partial charge in [-0.05, 0) is 78.8 Å². The number of ether oxygens (including phenoxy) is 1. The van der Waals surface area contributed by atoms with E-state index in [1.165, 1.54) is 24.3 Å². The fourth-order valence-corrected chi connectivity index (χ4v) is 6.81. The van der Waals surface area contributed by atoms with Gasteiger partial charge in [-0.2, -0.15) is 0 Å². The van der Waals surface area contributed by atoms with Crippen LogP contribution in [0.1, 0.15) is 51.5 Å². The first-order chi connectivity index (χ1) is 18.4. The number of carbonyl (C=O) groups excluding carboxylic acids is 2. The van der Waals surface area contributed by atoms with Crippen LogP contribution < -0.4 is 10.6 Å². The van der Waals surface area contributed by atoms with Crippen LogP contribution in [0, 0.1) is 40.1 Å². The number of amides is 2. The van der Waals surface area contributed by atoms with Crippen LogP contribution in [0.25, 0.3) is 0 Å². The molecule has 0 saturated heterocycles. The van der Waals surface area contributed by atoms with Crippen LogP contribution in [-0.2, 0) is 16.1 Å². The SMILES string of the molecule is CC1(CO)C(OC(=O)Nc2cccc(F)c2)CCC2(C)C(CC(=O)NCc3cc(F)cc(F)c3)C(O)CCC12. The summed E-state index contributed by atoms with van der Waals surface area (Å²) in [5.41, 5.74) is -0.855. The average molecular weight is 549 g/mol. The predicted octanol–water partition coefficient (Wildman–Crippen LogP) is 4.91. The van der Waals surface area contributed by atoms with E-state index in [1.54, 1.807) is 0 Å². The molecule has 2 aromatic carbocycles. The summed E-state index contributed by atoms with van der Waals surface area (Å²) >= 11 is 0. The monoisotopic (exact) mass is 548 g/mol. The number of aliphatic hydroxyl groups excluding tert-OH is 2. The molecule has 212 valence electrons. The Morgan fingerprint density at radius 1 is 1.03 bits per heavy atom. The first kappa shape index (κ1) is 28.9. The number of anilines is 1. The number of carbonyl (C=O) groups is 2. The van der Waals surface area contributed by atoms with Gasteiger partial charge in [-0.1, -0.05) is 19.9 Å². The molecule has 7 nitrogen and oxygen atoms in total. The smallest absolute Gasteiger partial charge is 0.411 e. The van der Waals surface area contributed by atoms with E-state index in [2.05, 4.69) is 10.6 Å². The summed E-state index contributed by atoms with van der Waals surface area (Å²) in [4.78, 5) is 25.5. The van der Waals surface area contributed by atoms with Crippen LogP contribution in [-0.4, -0.2) is 41.0 Å². The summed E-state index contributed by atoms with van der Waals surface area (Å²) in [6.07, 6.45) is -0.231. The molecular weight excluding hydrogens is 513 g/mol. The largest absolute Gasteiger partial charge is 0.445 e. The van der Waals surface area contributed by atoms with Crippen LogP contribution in [0.4, 0.5) is 23.7 Å². The number of benzene rings is 2. The average Bonchev–Trinajstić information content (AvgIpc) is 2.86. The third-order valence-electron chi connectivity index (χ3n) is 8.81. The predicted molar refractivity (Wildman–Crippen MR) is 138 cm³/mol. The molecule has 2 aliphatic rings. The molecule has 39 heavy (non-hydrogen) atoms. The van der Waals surface area contributed by atoms with Crippen molar-refractivity contribution in [3.63, 3.8) is 0 Å². The minimum atomic E-state index is -0.847. The quantitative estimate of drug-likeness (QED) is 0.393. The van der Waals surface area contributed by atoms with Gasteiger partial charge in [-0.15, -0.1) is 0 Å². The van der Waals surface area contributed by atoms with Gasteiger partial charge in [0.2, 0.25) is 5.91 Å². The zero-order valence-corrected chi connectivity index (χ0v) is 22.1. The molecule has 2 aromatic rings. The number of hydrogen-bond acceptors (Lipinski definition) is 5. The van der Waals surface area contributed by atoms with E-state index in [9.17, 15) is 33.0 Å². The highest BCUT2D eigenvalue weighted by Crippen LogP contribution is 2.61. The second kappa shape index (κ2) is 11.6. The van der Waals surface area contributed by atoms with Crippen molar-refractivity contribution in [2.75, 3.05) is 11.9 Å². The van der Waals surface area contributed by atoms with E-state index >= 15 is 0 Å². The summed E-state index contributed by atoms with van der Waals surface area (Å²) in [6.45, 7) is 3.52. The number of rotatable bonds is 7. The Bertz CT molecular complexity index is 1190. The molecule has 2 aliphatic carbocycles. The zero-order chi connectivity index (χ0) is 28.4. The van der Waals surface area contributed by atoms with Crippen molar-refractivity contribution in [3.05, 3.63) is 65.5 Å². The van der Waals surface area contributed by atoms with Gasteiger partial charge in [0, 0.05) is 30.1 Å². The maximum atomic E-state index is 13.5. The minimum Gasteiger partial charge on any atom is -0.445 e. The maximum absolute atomic E-state index is 13.5. The Labute approximate surface area is 225 Å². The highest BCUT2D eigenvalue weighted by molar-refractivity contribution is 5.84. The van der Waals surface area contributed by atoms with Gasteiger partial charge in [-0.25, -0.2) is 18.0 Å². The van der Waals surface area contributed by atoms with Crippen molar-refractivity contribution >= 4 is 17.7 Å². The Kier molecular flexibility index (Phi) is 8.56. The molecule has 4 N–H and O–H groups in total. The molecule has 10 heteroatoms. The molecule has 6 unspecified atom stereocenters. The number of fused-ring (bicyclic) bond motifs is 1. The van der Waals surface area contributed by atoms with E-state index in [0.29, 0.717) is 25.7 Å². The summed E-state index contributed by atoms with van der Waals surface area (Å²) in [6, 6.07) is 8.49. The van der Waals surface area contributed by atoms with Crippen molar-refractivity contribution in [3.8, 4) is 0 Å². The van der Waals surface area contributed by atoms with Gasteiger partial charge in [-0.3, -0.25) is 10.1 Å². The topological polar surface area (TPSA) is 108 Å². The lowest BCUT2D eigenvalue weighted by atomic mass is 9.46. The van der Waals surface area contributed by atoms with Crippen LogP contribution in [0.2, 0.25) is 0 Å². The molecular formula is C29H35F3N2O5. The fraction of sp³-hybridized carbons (Fsp3) is 0.517. The van der Waals surface area contributed by atoms with Crippen molar-refractivity contribution in [2.24, 2.45) is 22.7 Å². The third kappa shape index (κ3) is 6.22. The number of hydrogen-bond donors (Lipinski definition) is 4. The molecule has 0 spiro atoms. The lowest BCUT2D eigenvalue weighted by Crippen LogP contribution is -2.61. The highest BCUT2D eigenvalue weighted by atomic mass is 19.1. The molecule has 0 radical (unpaired) electrons. The van der Waals surface area contributed by atoms with Gasteiger partial charge in [0.25, 0.3) is 0 Å². The Hall–Kier alpha value is -3.11. The molecule has 6 atom stereocenters. The third-order valence-corrected chi connectivity index (χ3v) is 8.81. The Morgan fingerprint density at radius 2 is 1.74 bits per heavy atom. The Balaban J connectivity index is 1.45. The van der Waals surface area contributed by atoms with Gasteiger partial charge < -0.3 is 20.3 Å². The second-order valence-corrected chi connectivity index (χ2v) is 11.3. The van der Waals surface area contributed by atoms with Crippen LogP contribution in [0.3, 0.4) is 0 Å². The van der Waals surface area contributed by atoms with E-state index in [4.69, 9.17) is 4.74 Å². The van der Waals surface area contributed by atoms with Gasteiger partial charge in [0.15, 0.2) is 0 Å². The van der Waals surface area contributed by atoms with E-state index in [1.807, 2.05) is 13.8 Å². The van der Waals surface area contributed by atoms with E-state index in [-0.39, 0.29) is 42.6 Å². The minimum absolute atomic E-state index is 0.000938. The first-order valence-electron chi connectivity index (χ1n) is 13.2. The summed E-state index contributed by atoms with van der Waals surface area (Å²) in [5.74, 6) is -2.93. The number of nitrogens with one attached hydrogen (secondary N) is 2. The van der Waals surface area contributed by atoms with Crippen molar-refractivity contribution in [1.82, 2.24) is 5.32 Å². The van der Waals surface area contributed by atoms with Crippen molar-refractivity contribution in [2.45, 2.75) is 64.7 Å². The maximum Gasteiger partial charge on any atom is 0.411 e. The van der Waals surface area contributed by atoms with E-state index < -0.39 is 52.5 Å².